The lowest BCUT2D eigenvalue weighted by Gasteiger charge is -2.55. The number of aromatic amines is 1. The molecule has 2 aromatic carbocycles. The molecule has 0 atom stereocenters. The number of nitrogens with zero attached hydrogens (tertiary/aromatic N) is 4. The first-order valence-corrected chi connectivity index (χ1v) is 13.9. The van der Waals surface area contributed by atoms with Crippen LogP contribution in [0.25, 0.3) is 10.9 Å². The van der Waals surface area contributed by atoms with E-state index in [-0.39, 0.29) is 11.8 Å². The summed E-state index contributed by atoms with van der Waals surface area (Å²) in [5.41, 5.74) is 2.10. The maximum absolute atomic E-state index is 11.4. The van der Waals surface area contributed by atoms with E-state index in [1.54, 1.807) is 7.11 Å². The molecule has 0 radical (unpaired) electrons. The third-order valence-electron chi connectivity index (χ3n) is 6.95. The van der Waals surface area contributed by atoms with E-state index in [9.17, 15) is 4.79 Å². The molecule has 11 heteroatoms. The summed E-state index contributed by atoms with van der Waals surface area (Å²) in [5.74, 6) is 3.20. The molecule has 1 aliphatic carbocycles. The maximum Gasteiger partial charge on any atom is 0.227 e. The molecular formula is C29H34ClN7O3. The molecule has 0 unspecified atom stereocenters. The molecule has 4 heterocycles. The van der Waals surface area contributed by atoms with Gasteiger partial charge in [0.15, 0.2) is 17.5 Å². The lowest BCUT2D eigenvalue weighted by molar-refractivity contribution is -0.127. The fourth-order valence-corrected chi connectivity index (χ4v) is 4.85. The fourth-order valence-electron chi connectivity index (χ4n) is 4.59. The normalized spacial score (nSPS) is 16.4. The van der Waals surface area contributed by atoms with Gasteiger partial charge in [-0.2, -0.15) is 5.10 Å². The number of carbonyl (C=O) groups is 1. The number of nitrogens with one attached hydrogen (secondary N) is 3. The smallest absolute Gasteiger partial charge is 0.227 e. The van der Waals surface area contributed by atoms with Crippen molar-refractivity contribution in [2.75, 3.05) is 48.9 Å². The summed E-state index contributed by atoms with van der Waals surface area (Å²) >= 11 is 6.54. The van der Waals surface area contributed by atoms with Gasteiger partial charge < -0.3 is 25.0 Å². The number of anilines is 4. The number of hydrogen-bond donors (Lipinski definition) is 3. The summed E-state index contributed by atoms with van der Waals surface area (Å²) in [7, 11) is 1.62. The number of carbonyl (C=O) groups excluding carboxylic acids is 1. The van der Waals surface area contributed by atoms with Crippen LogP contribution in [0, 0.1) is 11.3 Å². The number of methoxy groups -OCH3 is 1. The molecule has 0 bridgehead atoms. The predicted molar refractivity (Wildman–Crippen MR) is 158 cm³/mol. The van der Waals surface area contributed by atoms with Crippen molar-refractivity contribution in [3.63, 3.8) is 0 Å². The Morgan fingerprint density at radius 2 is 1.80 bits per heavy atom. The number of halogens is 1. The quantitative estimate of drug-likeness (QED) is 0.275. The van der Waals surface area contributed by atoms with Gasteiger partial charge in [-0.3, -0.25) is 9.89 Å². The highest BCUT2D eigenvalue weighted by molar-refractivity contribution is 6.35. The van der Waals surface area contributed by atoms with Gasteiger partial charge in [0.25, 0.3) is 0 Å². The molecule has 2 aromatic heterocycles. The Balaban J connectivity index is 0.000000173. The van der Waals surface area contributed by atoms with E-state index in [4.69, 9.17) is 21.1 Å². The van der Waals surface area contributed by atoms with E-state index in [2.05, 4.69) is 35.7 Å². The van der Waals surface area contributed by atoms with Crippen LogP contribution in [-0.4, -0.2) is 59.5 Å². The van der Waals surface area contributed by atoms with Gasteiger partial charge in [0.1, 0.15) is 17.1 Å². The third-order valence-corrected chi connectivity index (χ3v) is 7.30. The highest BCUT2D eigenvalue weighted by Gasteiger charge is 2.50. The van der Waals surface area contributed by atoms with Crippen molar-refractivity contribution in [2.45, 2.75) is 26.7 Å². The van der Waals surface area contributed by atoms with Crippen molar-refractivity contribution in [3.8, 4) is 5.75 Å². The Bertz CT molecular complexity index is 1440. The van der Waals surface area contributed by atoms with Crippen molar-refractivity contribution >= 4 is 51.6 Å². The second-order valence-corrected chi connectivity index (χ2v) is 10.3. The van der Waals surface area contributed by atoms with Crippen LogP contribution >= 0.6 is 11.6 Å². The summed E-state index contributed by atoms with van der Waals surface area (Å²) < 4.78 is 10.3. The number of para-hydroxylation sites is 1. The van der Waals surface area contributed by atoms with Gasteiger partial charge in [-0.15, -0.1) is 0 Å². The van der Waals surface area contributed by atoms with E-state index in [1.807, 2.05) is 62.4 Å². The van der Waals surface area contributed by atoms with Crippen LogP contribution in [0.1, 0.15) is 26.7 Å². The summed E-state index contributed by atoms with van der Waals surface area (Å²) in [6.07, 6.45) is 3.59. The first-order valence-electron chi connectivity index (χ1n) is 13.5. The third kappa shape index (κ3) is 5.97. The average Bonchev–Trinajstić information content (AvgIpc) is 3.72. The first kappa shape index (κ1) is 27.7. The zero-order valence-electron chi connectivity index (χ0n) is 22.9. The van der Waals surface area contributed by atoms with Crippen LogP contribution in [0.2, 0.25) is 5.02 Å². The minimum absolute atomic E-state index is 0.134. The van der Waals surface area contributed by atoms with Crippen molar-refractivity contribution in [2.24, 2.45) is 11.3 Å². The second kappa shape index (κ2) is 12.1. The molecule has 40 heavy (non-hydrogen) atoms. The second-order valence-electron chi connectivity index (χ2n) is 9.94. The highest BCUT2D eigenvalue weighted by Crippen LogP contribution is 2.43. The molecule has 210 valence electrons. The predicted octanol–water partition coefficient (Wildman–Crippen LogP) is 5.66. The van der Waals surface area contributed by atoms with Gasteiger partial charge in [-0.05, 0) is 49.2 Å². The number of H-pyrrole nitrogens is 1. The van der Waals surface area contributed by atoms with E-state index in [1.165, 1.54) is 6.33 Å². The van der Waals surface area contributed by atoms with Gasteiger partial charge in [0.2, 0.25) is 5.91 Å². The number of rotatable bonds is 6. The Hall–Kier alpha value is -3.89. The molecule has 3 aliphatic rings. The van der Waals surface area contributed by atoms with Gasteiger partial charge in [-0.25, -0.2) is 9.97 Å². The number of benzene rings is 2. The van der Waals surface area contributed by atoms with Crippen molar-refractivity contribution in [1.29, 1.82) is 0 Å². The average molecular weight is 564 g/mol. The van der Waals surface area contributed by atoms with Crippen molar-refractivity contribution in [1.82, 2.24) is 20.2 Å². The summed E-state index contributed by atoms with van der Waals surface area (Å²) in [6, 6.07) is 15.3. The zero-order chi connectivity index (χ0) is 28.1. The number of hydrogen-bond acceptors (Lipinski definition) is 8. The lowest BCUT2D eigenvalue weighted by Crippen LogP contribution is -2.66. The van der Waals surface area contributed by atoms with E-state index >= 15 is 0 Å². The summed E-state index contributed by atoms with van der Waals surface area (Å²) in [6.45, 7) is 7.51. The molecule has 4 aromatic rings. The van der Waals surface area contributed by atoms with Crippen LogP contribution in [0.3, 0.4) is 0 Å². The maximum atomic E-state index is 11.4. The molecule has 3 N–H and O–H groups in total. The van der Waals surface area contributed by atoms with E-state index in [0.29, 0.717) is 22.1 Å². The highest BCUT2D eigenvalue weighted by atomic mass is 35.5. The monoisotopic (exact) mass is 563 g/mol. The lowest BCUT2D eigenvalue weighted by atomic mass is 9.78. The van der Waals surface area contributed by atoms with Gasteiger partial charge in [0.05, 0.1) is 31.3 Å². The Labute approximate surface area is 238 Å². The van der Waals surface area contributed by atoms with Crippen molar-refractivity contribution in [3.05, 3.63) is 59.9 Å². The number of amides is 1. The van der Waals surface area contributed by atoms with Gasteiger partial charge in [-0.1, -0.05) is 37.6 Å². The molecule has 1 amide bonds. The van der Waals surface area contributed by atoms with Gasteiger partial charge in [0, 0.05) is 30.1 Å². The number of aromatic nitrogens is 4. The summed E-state index contributed by atoms with van der Waals surface area (Å²) in [5, 5.41) is 14.9. The van der Waals surface area contributed by atoms with E-state index in [0.717, 1.165) is 67.3 Å². The zero-order valence-corrected chi connectivity index (χ0v) is 23.7. The number of ether oxygens (including phenoxy) is 2. The molecule has 10 nitrogen and oxygen atoms in total. The van der Waals surface area contributed by atoms with Crippen LogP contribution in [0.4, 0.5) is 23.1 Å². The minimum atomic E-state index is 0.134. The van der Waals surface area contributed by atoms with Crippen LogP contribution in [0.5, 0.6) is 5.75 Å². The van der Waals surface area contributed by atoms with Crippen LogP contribution in [-0.2, 0) is 9.53 Å². The molecule has 1 spiro atoms. The molecular weight excluding hydrogens is 530 g/mol. The Kier molecular flexibility index (Phi) is 8.37. The van der Waals surface area contributed by atoms with Crippen LogP contribution in [0.15, 0.2) is 54.9 Å². The summed E-state index contributed by atoms with van der Waals surface area (Å²) in [4.78, 5) is 22.2. The standard InChI is InChI=1S/C16H15ClN6O.C11H13NO2.C2H6/c17-12-14(20-13-10-3-1-2-4-11(10)21-22-13)18-9-19-15(12)23-5-16(6-23)7-24-8-16;1-14-10-6-4-9(5-7-10)12-11(13)8-2-3-8;1-2/h1-4,9H,5-8H2,(H2,18,19,20,21,22);4-8H,2-3H2,1H3,(H,12,13);1-2H3. The Morgan fingerprint density at radius 3 is 2.45 bits per heavy atom. The minimum Gasteiger partial charge on any atom is -0.497 e. The number of fused-ring (bicyclic) bond motifs is 1. The van der Waals surface area contributed by atoms with E-state index < -0.39 is 0 Å². The topological polar surface area (TPSA) is 117 Å². The molecule has 2 saturated heterocycles. The first-order chi connectivity index (χ1) is 19.5. The van der Waals surface area contributed by atoms with Gasteiger partial charge >= 0.3 is 0 Å². The Morgan fingerprint density at radius 1 is 1.07 bits per heavy atom. The SMILES string of the molecule is CC.COc1ccc(NC(=O)C2CC2)cc1.Clc1c(Nc2n[nH]c3ccccc23)ncnc1N1CC2(COC2)C1. The molecule has 3 fully saturated rings. The largest absolute Gasteiger partial charge is 0.497 e. The van der Waals surface area contributed by atoms with Crippen LogP contribution < -0.4 is 20.3 Å². The molecule has 7 rings (SSSR count). The van der Waals surface area contributed by atoms with Crippen molar-refractivity contribution < 1.29 is 14.3 Å². The fraction of sp³-hybridized carbons (Fsp3) is 0.379. The molecule has 2 aliphatic heterocycles. The molecule has 1 saturated carbocycles.